The molecule has 11 rings (SSSR count). The van der Waals surface area contributed by atoms with Crippen molar-refractivity contribution >= 4 is 55.9 Å². The molecule has 8 aromatic rings. The van der Waals surface area contributed by atoms with Crippen molar-refractivity contribution < 1.29 is 74.0 Å². The Labute approximate surface area is 453 Å². The molecule has 0 amide bonds. The third-order valence-corrected chi connectivity index (χ3v) is 10.2. The van der Waals surface area contributed by atoms with E-state index in [0.717, 1.165) is 42.8 Å². The summed E-state index contributed by atoms with van der Waals surface area (Å²) < 4.78 is 40.0. The SMILES string of the molecule is CC(C)I.CC(C)Oc1nc(-c2ccccc2)c2cc3c(cc2n1)OCCO3.N#C[O-].Nc1cc2c(cc1C(=O)c1ccccc1)OCCO2.O=c1nc(-c2ccccc2)c2cc3c(cc2[nH]1)OCCO3.[HH].[Na+]. The zero-order valence-electron chi connectivity index (χ0n) is 40.3. The number of anilines is 1. The summed E-state index contributed by atoms with van der Waals surface area (Å²) in [5, 5.41) is 16.8. The molecule has 6 aromatic carbocycles. The van der Waals surface area contributed by atoms with Crippen LogP contribution >= 0.6 is 22.6 Å². The van der Waals surface area contributed by atoms with E-state index in [1.165, 1.54) is 0 Å². The van der Waals surface area contributed by atoms with E-state index in [-0.39, 0.29) is 48.6 Å². The quantitative estimate of drug-likeness (QED) is 0.0459. The fourth-order valence-corrected chi connectivity index (χ4v) is 7.28. The molecule has 0 atom stereocenters. The Hall–Kier alpha value is -7.11. The number of ether oxygens (including phenoxy) is 7. The first kappa shape index (κ1) is 54.2. The minimum Gasteiger partial charge on any atom is -0.812 e. The maximum atomic E-state index is 12.4. The van der Waals surface area contributed by atoms with Crippen molar-refractivity contribution in [2.45, 2.75) is 37.7 Å². The average Bonchev–Trinajstić information content (AvgIpc) is 3.37. The van der Waals surface area contributed by atoms with Crippen LogP contribution in [0.4, 0.5) is 5.69 Å². The van der Waals surface area contributed by atoms with E-state index < -0.39 is 0 Å². The van der Waals surface area contributed by atoms with Crippen molar-refractivity contribution in [2.75, 3.05) is 45.4 Å². The minimum atomic E-state index is -0.377. The first-order valence-electron chi connectivity index (χ1n) is 22.6. The van der Waals surface area contributed by atoms with Crippen molar-refractivity contribution in [2.24, 2.45) is 0 Å². The molecule has 0 unspecified atom stereocenters. The van der Waals surface area contributed by atoms with Crippen LogP contribution in [0.2, 0.25) is 0 Å². The van der Waals surface area contributed by atoms with E-state index in [1.54, 1.807) is 30.3 Å². The van der Waals surface area contributed by atoms with Crippen LogP contribution in [0.3, 0.4) is 0 Å². The maximum absolute atomic E-state index is 12.4. The maximum Gasteiger partial charge on any atom is 1.00 e. The molecular weight excluding hydrogens is 1040 g/mol. The van der Waals surface area contributed by atoms with Gasteiger partial charge in [-0.15, -0.1) is 0 Å². The molecule has 72 heavy (non-hydrogen) atoms. The fraction of sp³-hybridized carbons (Fsp3) is 0.222. The van der Waals surface area contributed by atoms with Crippen LogP contribution in [0, 0.1) is 11.5 Å². The van der Waals surface area contributed by atoms with Gasteiger partial charge in [-0.3, -0.25) is 4.79 Å². The molecule has 0 bridgehead atoms. The molecule has 0 saturated carbocycles. The van der Waals surface area contributed by atoms with E-state index >= 15 is 0 Å². The summed E-state index contributed by atoms with van der Waals surface area (Å²) in [6.45, 7) is 11.3. The van der Waals surface area contributed by atoms with Gasteiger partial charge in [-0.25, -0.2) is 10.1 Å². The molecule has 0 spiro atoms. The fourth-order valence-electron chi connectivity index (χ4n) is 7.28. The molecule has 18 heteroatoms. The summed E-state index contributed by atoms with van der Waals surface area (Å²) >= 11 is 2.34. The van der Waals surface area contributed by atoms with Crippen LogP contribution in [0.15, 0.2) is 132 Å². The monoisotopic (exact) mass is 1090 g/mol. The van der Waals surface area contributed by atoms with E-state index in [4.69, 9.17) is 49.3 Å². The molecule has 0 saturated heterocycles. The number of nitrogen functional groups attached to an aromatic ring is 1. The van der Waals surface area contributed by atoms with Gasteiger partial charge in [0.05, 0.1) is 28.5 Å². The molecule has 0 radical (unpaired) electrons. The molecule has 2 aromatic heterocycles. The minimum absolute atomic E-state index is 0. The number of fused-ring (bicyclic) bond motifs is 5. The van der Waals surface area contributed by atoms with Gasteiger partial charge in [0.25, 0.3) is 0 Å². The number of aromatic amines is 1. The van der Waals surface area contributed by atoms with Gasteiger partial charge in [0.15, 0.2) is 40.3 Å². The number of nitrogens with zero attached hydrogens (tertiary/aromatic N) is 4. The Kier molecular flexibility index (Phi) is 19.9. The summed E-state index contributed by atoms with van der Waals surface area (Å²) in [4.78, 5) is 40.2. The summed E-state index contributed by atoms with van der Waals surface area (Å²) in [6.07, 6.45) is 0.503. The van der Waals surface area contributed by atoms with E-state index in [1.807, 2.05) is 111 Å². The Morgan fingerprint density at radius 1 is 0.667 bits per heavy atom. The number of nitriles is 1. The summed E-state index contributed by atoms with van der Waals surface area (Å²) in [7, 11) is 0. The molecule has 5 heterocycles. The average molecular weight is 1090 g/mol. The topological polar surface area (TPSA) is 226 Å². The van der Waals surface area contributed by atoms with Crippen molar-refractivity contribution in [3.05, 3.63) is 149 Å². The smallest absolute Gasteiger partial charge is 0.812 e. The van der Waals surface area contributed by atoms with Crippen molar-refractivity contribution in [3.63, 3.8) is 0 Å². The number of hydrogen-bond donors (Lipinski definition) is 2. The number of carbonyl (C=O) groups is 1. The predicted octanol–water partition coefficient (Wildman–Crippen LogP) is 6.40. The number of halogens is 1. The first-order valence-corrected chi connectivity index (χ1v) is 23.8. The Morgan fingerprint density at radius 2 is 1.08 bits per heavy atom. The van der Waals surface area contributed by atoms with Crippen molar-refractivity contribution in [1.82, 2.24) is 19.9 Å². The van der Waals surface area contributed by atoms with Crippen LogP contribution in [-0.2, 0) is 0 Å². The van der Waals surface area contributed by atoms with Gasteiger partial charge in [-0.05, 0) is 32.0 Å². The normalized spacial score (nSPS) is 12.4. The zero-order chi connectivity index (χ0) is 50.3. The van der Waals surface area contributed by atoms with Crippen LogP contribution in [0.25, 0.3) is 44.3 Å². The molecular formula is C54H52IN6NaO10. The molecule has 366 valence electrons. The number of alkyl halides is 1. The molecule has 0 aliphatic carbocycles. The Balaban J connectivity index is 0.000000189. The van der Waals surface area contributed by atoms with Crippen molar-refractivity contribution in [1.29, 1.82) is 5.26 Å². The second-order valence-electron chi connectivity index (χ2n) is 16.1. The summed E-state index contributed by atoms with van der Waals surface area (Å²) in [5.74, 6) is 3.81. The number of nitrogens with two attached hydrogens (primary N) is 1. The first-order chi connectivity index (χ1) is 34.4. The van der Waals surface area contributed by atoms with Crippen LogP contribution in [0.5, 0.6) is 40.5 Å². The summed E-state index contributed by atoms with van der Waals surface area (Å²) in [6, 6.07) is 39.8. The molecule has 3 aliphatic rings. The second kappa shape index (κ2) is 26.4. The largest absolute Gasteiger partial charge is 1.00 e. The standard InChI is InChI=1S/C19H18N2O3.C16H12N2O3.C15H13NO3.C3H7I.CHNO.Na.H2/c1-12(2)24-19-20-15-11-17-16(22-8-9-23-17)10-14(15)18(21-19)13-6-4-3-5-7-13;19-16-17-12-9-14-13(20-6-7-21-14)8-11(12)15(18-16)10-4-2-1-3-5-10;16-12-9-14-13(18-6-7-19-14)8-11(12)15(17)10-4-2-1-3-5-10;1-3(2)4;2-1-3;;/h3-7,10-12H,8-9H2,1-2H3;1-5,8-9H,6-7H2,(H,17,18,19);1-5,8-9H,6-7,16H2;3H,1-2H3;3H;;1H/q;;;;;+1;/p-1. The van der Waals surface area contributed by atoms with Gasteiger partial charge in [-0.1, -0.05) is 127 Å². The molecule has 3 aliphatic heterocycles. The van der Waals surface area contributed by atoms with Gasteiger partial charge in [0, 0.05) is 68.5 Å². The Bertz CT molecular complexity index is 3200. The van der Waals surface area contributed by atoms with Gasteiger partial charge in [0.2, 0.25) is 0 Å². The number of hydrogen-bond acceptors (Lipinski definition) is 15. The third kappa shape index (κ3) is 14.3. The third-order valence-electron chi connectivity index (χ3n) is 10.2. The second-order valence-corrected chi connectivity index (χ2v) is 18.6. The number of H-pyrrole nitrogens is 1. The zero-order valence-corrected chi connectivity index (χ0v) is 44.5. The number of nitrogens with one attached hydrogen (secondary N) is 1. The van der Waals surface area contributed by atoms with Gasteiger partial charge in [-0.2, -0.15) is 15.0 Å². The molecule has 16 nitrogen and oxygen atoms in total. The number of benzene rings is 6. The van der Waals surface area contributed by atoms with Gasteiger partial charge in [0.1, 0.15) is 39.6 Å². The van der Waals surface area contributed by atoms with E-state index in [9.17, 15) is 9.59 Å². The number of rotatable bonds is 6. The van der Waals surface area contributed by atoms with Crippen LogP contribution in [-0.4, -0.2) is 75.4 Å². The van der Waals surface area contributed by atoms with Crippen LogP contribution in [0.1, 0.15) is 45.0 Å². The molecule has 0 fully saturated rings. The Morgan fingerprint density at radius 3 is 1.58 bits per heavy atom. The number of aromatic nitrogens is 4. The number of carbonyl (C=O) groups excluding carboxylic acids is 1. The van der Waals surface area contributed by atoms with Gasteiger partial charge >= 0.3 is 41.3 Å². The predicted molar refractivity (Wildman–Crippen MR) is 279 cm³/mol. The summed E-state index contributed by atoms with van der Waals surface area (Å²) in [5.41, 5.74) is 11.8. The van der Waals surface area contributed by atoms with Gasteiger partial charge < -0.3 is 49.0 Å². The van der Waals surface area contributed by atoms with Crippen molar-refractivity contribution in [3.8, 4) is 69.3 Å². The van der Waals surface area contributed by atoms with Crippen LogP contribution < -0.4 is 79.2 Å². The number of ketones is 1. The van der Waals surface area contributed by atoms with E-state index in [0.29, 0.717) is 109 Å². The van der Waals surface area contributed by atoms with E-state index in [2.05, 4.69) is 56.4 Å². The molecule has 3 N–H and O–H groups in total.